The van der Waals surface area contributed by atoms with E-state index in [9.17, 15) is 9.59 Å². The van der Waals surface area contributed by atoms with E-state index >= 15 is 0 Å². The number of nitrogens with zero attached hydrogens (tertiary/aromatic N) is 1. The zero-order valence-corrected chi connectivity index (χ0v) is 17.1. The zero-order valence-electron chi connectivity index (χ0n) is 17.1. The molecule has 0 radical (unpaired) electrons. The number of carbonyl (C=O) groups excluding carboxylic acids is 2. The third-order valence-corrected chi connectivity index (χ3v) is 5.39. The van der Waals surface area contributed by atoms with Gasteiger partial charge in [0.1, 0.15) is 5.75 Å². The van der Waals surface area contributed by atoms with Crippen LogP contribution in [0.25, 0.3) is 0 Å². The van der Waals surface area contributed by atoms with Crippen molar-refractivity contribution in [2.24, 2.45) is 5.92 Å². The molecule has 1 saturated heterocycles. The van der Waals surface area contributed by atoms with Crippen molar-refractivity contribution in [3.63, 3.8) is 0 Å². The Morgan fingerprint density at radius 1 is 1.03 bits per heavy atom. The molecule has 3 rings (SSSR count). The molecule has 6 heteroatoms. The number of anilines is 1. The van der Waals surface area contributed by atoms with E-state index in [4.69, 9.17) is 4.74 Å². The number of hydrogen-bond donors (Lipinski definition) is 2. The van der Waals surface area contributed by atoms with Crippen molar-refractivity contribution < 1.29 is 14.3 Å². The number of benzene rings is 2. The summed E-state index contributed by atoms with van der Waals surface area (Å²) in [7, 11) is 1.60. The Balaban J connectivity index is 1.36. The van der Waals surface area contributed by atoms with Gasteiger partial charge in [-0.05, 0) is 68.5 Å². The molecule has 0 atom stereocenters. The van der Waals surface area contributed by atoms with Crippen LogP contribution in [-0.4, -0.2) is 43.6 Å². The molecule has 154 valence electrons. The van der Waals surface area contributed by atoms with Gasteiger partial charge in [0.05, 0.1) is 7.11 Å². The third kappa shape index (κ3) is 5.98. The highest BCUT2D eigenvalue weighted by molar-refractivity contribution is 5.94. The lowest BCUT2D eigenvalue weighted by Gasteiger charge is -2.32. The first-order valence-corrected chi connectivity index (χ1v) is 10.1. The monoisotopic (exact) mass is 395 g/mol. The average Bonchev–Trinajstić information content (AvgIpc) is 2.75. The maximum absolute atomic E-state index is 12.4. The van der Waals surface area contributed by atoms with Gasteiger partial charge < -0.3 is 20.3 Å². The van der Waals surface area contributed by atoms with Crippen molar-refractivity contribution in [3.8, 4) is 5.75 Å². The molecule has 3 amide bonds. The second-order valence-electron chi connectivity index (χ2n) is 7.50. The first-order chi connectivity index (χ1) is 14.0. The number of nitrogens with one attached hydrogen (secondary N) is 2. The number of piperidine rings is 1. The Bertz CT molecular complexity index is 810. The predicted molar refractivity (Wildman–Crippen MR) is 114 cm³/mol. The van der Waals surface area contributed by atoms with Crippen LogP contribution in [0.5, 0.6) is 5.75 Å². The minimum Gasteiger partial charge on any atom is -0.497 e. The van der Waals surface area contributed by atoms with Gasteiger partial charge in [0, 0.05) is 30.9 Å². The summed E-state index contributed by atoms with van der Waals surface area (Å²) >= 11 is 0. The van der Waals surface area contributed by atoms with Crippen LogP contribution in [0.1, 0.15) is 35.2 Å². The van der Waals surface area contributed by atoms with E-state index in [1.54, 1.807) is 31.4 Å². The molecule has 0 spiro atoms. The summed E-state index contributed by atoms with van der Waals surface area (Å²) in [6.45, 7) is 4.16. The molecule has 0 aromatic heterocycles. The van der Waals surface area contributed by atoms with Crippen LogP contribution in [0, 0.1) is 12.8 Å². The van der Waals surface area contributed by atoms with Crippen LogP contribution in [0.15, 0.2) is 48.5 Å². The summed E-state index contributed by atoms with van der Waals surface area (Å²) in [4.78, 5) is 26.5. The van der Waals surface area contributed by atoms with E-state index in [2.05, 4.69) is 10.6 Å². The second kappa shape index (κ2) is 9.96. The molecular weight excluding hydrogens is 366 g/mol. The zero-order chi connectivity index (χ0) is 20.6. The summed E-state index contributed by atoms with van der Waals surface area (Å²) < 4.78 is 5.11. The number of likely N-dealkylation sites (tertiary alicyclic amines) is 1. The number of methoxy groups -OCH3 is 1. The van der Waals surface area contributed by atoms with Gasteiger partial charge in [-0.25, -0.2) is 4.79 Å². The Hall–Kier alpha value is -3.02. The lowest BCUT2D eigenvalue weighted by Crippen LogP contribution is -2.41. The Kier molecular flexibility index (Phi) is 7.11. The molecule has 0 bridgehead atoms. The SMILES string of the molecule is COc1ccc(C(=O)NCCC2CCN(C(=O)Nc3ccc(C)cc3)CC2)cc1. The smallest absolute Gasteiger partial charge is 0.321 e. The molecule has 1 heterocycles. The Labute approximate surface area is 172 Å². The lowest BCUT2D eigenvalue weighted by atomic mass is 9.93. The lowest BCUT2D eigenvalue weighted by molar-refractivity contribution is 0.0949. The summed E-state index contributed by atoms with van der Waals surface area (Å²) in [6.07, 6.45) is 2.84. The molecule has 2 aromatic rings. The molecule has 0 unspecified atom stereocenters. The van der Waals surface area contributed by atoms with Crippen LogP contribution in [0.2, 0.25) is 0 Å². The van der Waals surface area contributed by atoms with Crippen LogP contribution >= 0.6 is 0 Å². The summed E-state index contributed by atoms with van der Waals surface area (Å²) in [6, 6.07) is 14.9. The second-order valence-corrected chi connectivity index (χ2v) is 7.50. The summed E-state index contributed by atoms with van der Waals surface area (Å²) in [5.74, 6) is 1.19. The quantitative estimate of drug-likeness (QED) is 0.775. The van der Waals surface area contributed by atoms with E-state index in [1.165, 1.54) is 5.56 Å². The van der Waals surface area contributed by atoms with Crippen LogP contribution in [-0.2, 0) is 0 Å². The van der Waals surface area contributed by atoms with Gasteiger partial charge in [-0.3, -0.25) is 4.79 Å². The Morgan fingerprint density at radius 2 is 1.69 bits per heavy atom. The van der Waals surface area contributed by atoms with Crippen molar-refractivity contribution in [2.75, 3.05) is 32.1 Å². The molecule has 1 fully saturated rings. The molecule has 0 aliphatic carbocycles. The van der Waals surface area contributed by atoms with E-state index in [1.807, 2.05) is 36.1 Å². The van der Waals surface area contributed by atoms with Crippen LogP contribution in [0.3, 0.4) is 0 Å². The first-order valence-electron chi connectivity index (χ1n) is 10.1. The molecular formula is C23H29N3O3. The highest BCUT2D eigenvalue weighted by atomic mass is 16.5. The van der Waals surface area contributed by atoms with Gasteiger partial charge >= 0.3 is 6.03 Å². The first kappa shape index (κ1) is 20.7. The minimum atomic E-state index is -0.0671. The van der Waals surface area contributed by atoms with Gasteiger partial charge in [-0.15, -0.1) is 0 Å². The number of amides is 3. The van der Waals surface area contributed by atoms with Crippen molar-refractivity contribution in [2.45, 2.75) is 26.2 Å². The topological polar surface area (TPSA) is 70.7 Å². The molecule has 29 heavy (non-hydrogen) atoms. The summed E-state index contributed by atoms with van der Waals surface area (Å²) in [5, 5.41) is 5.94. The standard InChI is InChI=1S/C23H29N3O3/c1-17-3-7-20(8-4-17)25-23(28)26-15-12-18(13-16-26)11-14-24-22(27)19-5-9-21(29-2)10-6-19/h3-10,18H,11-16H2,1-2H3,(H,24,27)(H,25,28). The number of carbonyl (C=O) groups is 2. The van der Waals surface area contributed by atoms with Gasteiger partial charge in [0.15, 0.2) is 0 Å². The van der Waals surface area contributed by atoms with Crippen molar-refractivity contribution in [1.29, 1.82) is 0 Å². The van der Waals surface area contributed by atoms with E-state index in [0.29, 0.717) is 18.0 Å². The normalized spacial score (nSPS) is 14.3. The molecule has 1 aliphatic heterocycles. The molecule has 2 N–H and O–H groups in total. The van der Waals surface area contributed by atoms with Gasteiger partial charge in [-0.1, -0.05) is 17.7 Å². The highest BCUT2D eigenvalue weighted by Gasteiger charge is 2.22. The minimum absolute atomic E-state index is 0.0416. The van der Waals surface area contributed by atoms with Crippen molar-refractivity contribution >= 4 is 17.6 Å². The number of rotatable bonds is 6. The van der Waals surface area contributed by atoms with Gasteiger partial charge in [0.2, 0.25) is 0 Å². The van der Waals surface area contributed by atoms with E-state index in [0.717, 1.165) is 43.8 Å². The predicted octanol–water partition coefficient (Wildman–Crippen LogP) is 4.07. The Morgan fingerprint density at radius 3 is 2.31 bits per heavy atom. The average molecular weight is 396 g/mol. The molecule has 2 aromatic carbocycles. The maximum atomic E-state index is 12.4. The molecule has 1 aliphatic rings. The highest BCUT2D eigenvalue weighted by Crippen LogP contribution is 2.21. The third-order valence-electron chi connectivity index (χ3n) is 5.39. The van der Waals surface area contributed by atoms with E-state index < -0.39 is 0 Å². The largest absolute Gasteiger partial charge is 0.497 e. The fourth-order valence-corrected chi connectivity index (χ4v) is 3.50. The van der Waals surface area contributed by atoms with Crippen molar-refractivity contribution in [3.05, 3.63) is 59.7 Å². The molecule has 6 nitrogen and oxygen atoms in total. The number of ether oxygens (including phenoxy) is 1. The van der Waals surface area contributed by atoms with Crippen molar-refractivity contribution in [1.82, 2.24) is 10.2 Å². The fourth-order valence-electron chi connectivity index (χ4n) is 3.50. The molecule has 0 saturated carbocycles. The van der Waals surface area contributed by atoms with Crippen LogP contribution in [0.4, 0.5) is 10.5 Å². The van der Waals surface area contributed by atoms with Gasteiger partial charge in [0.25, 0.3) is 5.91 Å². The van der Waals surface area contributed by atoms with E-state index in [-0.39, 0.29) is 11.9 Å². The fraction of sp³-hybridized carbons (Fsp3) is 0.391. The van der Waals surface area contributed by atoms with Crippen LogP contribution < -0.4 is 15.4 Å². The van der Waals surface area contributed by atoms with Gasteiger partial charge in [-0.2, -0.15) is 0 Å². The summed E-state index contributed by atoms with van der Waals surface area (Å²) in [5.41, 5.74) is 2.63. The number of aryl methyl sites for hydroxylation is 1. The number of hydrogen-bond acceptors (Lipinski definition) is 3. The maximum Gasteiger partial charge on any atom is 0.321 e. The number of urea groups is 1.